The van der Waals surface area contributed by atoms with Crippen LogP contribution in [0, 0.1) is 5.82 Å². The third-order valence-corrected chi connectivity index (χ3v) is 6.69. The maximum atomic E-state index is 14.7. The highest BCUT2D eigenvalue weighted by atomic mass is 35.5. The van der Waals surface area contributed by atoms with Crippen LogP contribution >= 0.6 is 11.6 Å². The van der Waals surface area contributed by atoms with Gasteiger partial charge in [0, 0.05) is 10.6 Å². The molecule has 2 N–H and O–H groups in total. The van der Waals surface area contributed by atoms with E-state index in [0.717, 1.165) is 10.8 Å². The van der Waals surface area contributed by atoms with Crippen LogP contribution in [-0.2, 0) is 11.2 Å². The van der Waals surface area contributed by atoms with Crippen LogP contribution in [0.5, 0.6) is 0 Å². The molecule has 1 aliphatic carbocycles. The quantitative estimate of drug-likeness (QED) is 0.388. The number of nitrogens with two attached hydrogens (primary N) is 1. The first-order valence-corrected chi connectivity index (χ1v) is 11.5. The Morgan fingerprint density at radius 1 is 0.971 bits per heavy atom. The fourth-order valence-electron chi connectivity index (χ4n) is 5.00. The minimum absolute atomic E-state index is 0.246. The van der Waals surface area contributed by atoms with Gasteiger partial charge in [-0.1, -0.05) is 78.3 Å². The number of nitrogens with zero attached hydrogens (tertiary/aromatic N) is 1. The molecule has 0 aromatic heterocycles. The van der Waals surface area contributed by atoms with Crippen molar-refractivity contribution in [3.63, 3.8) is 0 Å². The first kappa shape index (κ1) is 22.1. The topological polar surface area (TPSA) is 63.4 Å². The standard InChI is InChI=1S/C28H22ClFN2O2/c29-19-15-23-21(24(30)16-19)13-14-25(23)32(26(27(31)33)18-8-2-1-3-9-18)28(34)22-12-6-10-17-7-4-5-11-20(17)22/h1-12,15-16,25-26H,13-14H2,(H2,31,33)/t25-,26-/m1/s1. The summed E-state index contributed by atoms with van der Waals surface area (Å²) < 4.78 is 14.7. The Labute approximate surface area is 201 Å². The molecule has 0 radical (unpaired) electrons. The fraction of sp³-hybridized carbons (Fsp3) is 0.143. The Kier molecular flexibility index (Phi) is 5.80. The van der Waals surface area contributed by atoms with Crippen LogP contribution in [0.3, 0.4) is 0 Å². The molecule has 0 fully saturated rings. The molecule has 5 rings (SSSR count). The smallest absolute Gasteiger partial charge is 0.255 e. The van der Waals surface area contributed by atoms with Crippen molar-refractivity contribution in [2.24, 2.45) is 5.73 Å². The molecule has 0 heterocycles. The molecular formula is C28H22ClFN2O2. The minimum Gasteiger partial charge on any atom is -0.368 e. The summed E-state index contributed by atoms with van der Waals surface area (Å²) in [5.41, 5.74) is 8.09. The molecule has 2 amide bonds. The molecule has 4 aromatic rings. The number of halogens is 2. The third-order valence-electron chi connectivity index (χ3n) is 6.47. The summed E-state index contributed by atoms with van der Waals surface area (Å²) in [6.07, 6.45) is 0.891. The number of amides is 2. The third kappa shape index (κ3) is 3.82. The Hall–Kier alpha value is -3.70. The highest BCUT2D eigenvalue weighted by Crippen LogP contribution is 2.43. The molecule has 0 saturated heterocycles. The van der Waals surface area contributed by atoms with Crippen LogP contribution in [0.4, 0.5) is 4.39 Å². The van der Waals surface area contributed by atoms with Gasteiger partial charge >= 0.3 is 0 Å². The number of carbonyl (C=O) groups excluding carboxylic acids is 2. The molecule has 0 saturated carbocycles. The summed E-state index contributed by atoms with van der Waals surface area (Å²) in [5, 5.41) is 1.92. The van der Waals surface area contributed by atoms with E-state index in [-0.39, 0.29) is 10.9 Å². The van der Waals surface area contributed by atoms with Gasteiger partial charge in [0.1, 0.15) is 11.9 Å². The summed E-state index contributed by atoms with van der Waals surface area (Å²) in [6.45, 7) is 0. The van der Waals surface area contributed by atoms with Crippen molar-refractivity contribution in [2.45, 2.75) is 24.9 Å². The Morgan fingerprint density at radius 3 is 2.44 bits per heavy atom. The van der Waals surface area contributed by atoms with Gasteiger partial charge in [0.05, 0.1) is 6.04 Å². The summed E-state index contributed by atoms with van der Waals surface area (Å²) in [4.78, 5) is 28.6. The Balaban J connectivity index is 1.72. The van der Waals surface area contributed by atoms with Crippen molar-refractivity contribution in [3.8, 4) is 0 Å². The first-order chi connectivity index (χ1) is 16.5. The lowest BCUT2D eigenvalue weighted by Gasteiger charge is -2.36. The van der Waals surface area contributed by atoms with Gasteiger partial charge in [-0.3, -0.25) is 9.59 Å². The lowest BCUT2D eigenvalue weighted by molar-refractivity contribution is -0.123. The summed E-state index contributed by atoms with van der Waals surface area (Å²) >= 11 is 6.20. The van der Waals surface area contributed by atoms with Crippen LogP contribution in [0.1, 0.15) is 45.6 Å². The van der Waals surface area contributed by atoms with Crippen LogP contribution in [0.2, 0.25) is 5.02 Å². The zero-order valence-electron chi connectivity index (χ0n) is 18.2. The van der Waals surface area contributed by atoms with Crippen molar-refractivity contribution in [2.75, 3.05) is 0 Å². The molecule has 0 spiro atoms. The highest BCUT2D eigenvalue weighted by molar-refractivity contribution is 6.30. The normalized spacial score (nSPS) is 15.6. The number of fused-ring (bicyclic) bond motifs is 2. The number of hydrogen-bond donors (Lipinski definition) is 1. The molecule has 4 nitrogen and oxygen atoms in total. The molecule has 170 valence electrons. The van der Waals surface area contributed by atoms with Crippen LogP contribution < -0.4 is 5.73 Å². The van der Waals surface area contributed by atoms with Crippen molar-refractivity contribution in [3.05, 3.63) is 118 Å². The van der Waals surface area contributed by atoms with Gasteiger partial charge < -0.3 is 10.6 Å². The fourth-order valence-corrected chi connectivity index (χ4v) is 5.21. The molecule has 6 heteroatoms. The van der Waals surface area contributed by atoms with Gasteiger partial charge in [-0.2, -0.15) is 0 Å². The number of carbonyl (C=O) groups is 2. The average Bonchev–Trinajstić information content (AvgIpc) is 3.25. The summed E-state index contributed by atoms with van der Waals surface area (Å²) in [5.74, 6) is -1.41. The van der Waals surface area contributed by atoms with Gasteiger partial charge in [-0.15, -0.1) is 0 Å². The second-order valence-electron chi connectivity index (χ2n) is 8.46. The predicted molar refractivity (Wildman–Crippen MR) is 131 cm³/mol. The Bertz CT molecular complexity index is 1400. The summed E-state index contributed by atoms with van der Waals surface area (Å²) in [7, 11) is 0. The van der Waals surface area contributed by atoms with Gasteiger partial charge in [-0.05, 0) is 58.5 Å². The predicted octanol–water partition coefficient (Wildman–Crippen LogP) is 5.99. The zero-order chi connectivity index (χ0) is 23.8. The van der Waals surface area contributed by atoms with Crippen LogP contribution in [0.25, 0.3) is 10.8 Å². The molecule has 34 heavy (non-hydrogen) atoms. The van der Waals surface area contributed by atoms with E-state index in [0.29, 0.717) is 35.1 Å². The van der Waals surface area contributed by atoms with E-state index in [1.54, 1.807) is 36.4 Å². The second-order valence-corrected chi connectivity index (χ2v) is 8.90. The number of rotatable bonds is 5. The van der Waals surface area contributed by atoms with Crippen molar-refractivity contribution in [1.82, 2.24) is 4.90 Å². The SMILES string of the molecule is NC(=O)[C@@H](c1ccccc1)N(C(=O)c1cccc2ccccc12)[C@@H]1CCc2c(F)cc(Cl)cc21. The second kappa shape index (κ2) is 8.92. The van der Waals surface area contributed by atoms with Crippen molar-refractivity contribution >= 4 is 34.2 Å². The molecular weight excluding hydrogens is 451 g/mol. The van der Waals surface area contributed by atoms with E-state index >= 15 is 0 Å². The maximum absolute atomic E-state index is 14.7. The molecule has 0 bridgehead atoms. The molecule has 0 aliphatic heterocycles. The van der Waals surface area contributed by atoms with Crippen molar-refractivity contribution < 1.29 is 14.0 Å². The summed E-state index contributed by atoms with van der Waals surface area (Å²) in [6, 6.07) is 23.4. The first-order valence-electron chi connectivity index (χ1n) is 11.1. The molecule has 1 aliphatic rings. The van der Waals surface area contributed by atoms with Gasteiger partial charge in [0.2, 0.25) is 5.91 Å². The largest absolute Gasteiger partial charge is 0.368 e. The van der Waals surface area contributed by atoms with E-state index < -0.39 is 23.8 Å². The van der Waals surface area contributed by atoms with E-state index in [9.17, 15) is 14.0 Å². The minimum atomic E-state index is -1.04. The van der Waals surface area contributed by atoms with Crippen molar-refractivity contribution in [1.29, 1.82) is 0 Å². The van der Waals surface area contributed by atoms with E-state index in [1.807, 2.05) is 42.5 Å². The highest BCUT2D eigenvalue weighted by Gasteiger charge is 2.40. The lowest BCUT2D eigenvalue weighted by atomic mass is 9.96. The van der Waals surface area contributed by atoms with Gasteiger partial charge in [-0.25, -0.2) is 4.39 Å². The maximum Gasteiger partial charge on any atom is 0.255 e. The van der Waals surface area contributed by atoms with Crippen LogP contribution in [0.15, 0.2) is 84.9 Å². The average molecular weight is 473 g/mol. The van der Waals surface area contributed by atoms with E-state index in [4.69, 9.17) is 17.3 Å². The van der Waals surface area contributed by atoms with Crippen LogP contribution in [-0.4, -0.2) is 16.7 Å². The molecule has 4 aromatic carbocycles. The Morgan fingerprint density at radius 2 is 1.68 bits per heavy atom. The molecule has 2 atom stereocenters. The van der Waals surface area contributed by atoms with E-state index in [2.05, 4.69) is 0 Å². The number of benzene rings is 4. The monoisotopic (exact) mass is 472 g/mol. The van der Waals surface area contributed by atoms with Gasteiger partial charge in [0.15, 0.2) is 0 Å². The number of hydrogen-bond acceptors (Lipinski definition) is 2. The zero-order valence-corrected chi connectivity index (χ0v) is 19.0. The molecule has 0 unspecified atom stereocenters. The van der Waals surface area contributed by atoms with Gasteiger partial charge in [0.25, 0.3) is 5.91 Å². The lowest BCUT2D eigenvalue weighted by Crippen LogP contribution is -2.43. The number of primary amides is 1. The van der Waals surface area contributed by atoms with E-state index in [1.165, 1.54) is 11.0 Å².